The van der Waals surface area contributed by atoms with Crippen molar-refractivity contribution in [2.45, 2.75) is 45.6 Å². The summed E-state index contributed by atoms with van der Waals surface area (Å²) in [6, 6.07) is 0. The maximum Gasteiger partial charge on any atom is 0.273 e. The molecule has 112 valence electrons. The lowest BCUT2D eigenvalue weighted by Crippen LogP contribution is -2.41. The van der Waals surface area contributed by atoms with E-state index in [1.807, 2.05) is 6.92 Å². The van der Waals surface area contributed by atoms with E-state index >= 15 is 0 Å². The summed E-state index contributed by atoms with van der Waals surface area (Å²) in [6.45, 7) is 3.22. The summed E-state index contributed by atoms with van der Waals surface area (Å²) in [5.74, 6) is -0.256. The Kier molecular flexibility index (Phi) is 4.65. The number of carbonyl (C=O) groups excluding carboxylic acids is 1. The molecule has 1 aromatic heterocycles. The van der Waals surface area contributed by atoms with Gasteiger partial charge in [0.15, 0.2) is 5.69 Å². The van der Waals surface area contributed by atoms with Gasteiger partial charge in [-0.3, -0.25) is 9.48 Å². The Labute approximate surface area is 119 Å². The number of hydrogen-bond acceptors (Lipinski definition) is 4. The lowest BCUT2D eigenvalue weighted by atomic mass is 9.74. The maximum atomic E-state index is 12.1. The fourth-order valence-corrected chi connectivity index (χ4v) is 2.82. The third-order valence-corrected chi connectivity index (χ3v) is 4.20. The predicted molar refractivity (Wildman–Crippen MR) is 77.3 cm³/mol. The molecule has 0 radical (unpaired) electrons. The highest BCUT2D eigenvalue weighted by Crippen LogP contribution is 2.35. The quantitative estimate of drug-likeness (QED) is 0.754. The molecule has 0 unspecified atom stereocenters. The van der Waals surface area contributed by atoms with Gasteiger partial charge in [-0.2, -0.15) is 5.10 Å². The molecule has 0 saturated heterocycles. The number of amides is 1. The average Bonchev–Trinajstić information content (AvgIpc) is 2.87. The van der Waals surface area contributed by atoms with Gasteiger partial charge in [-0.25, -0.2) is 0 Å². The molecule has 1 fully saturated rings. The molecule has 1 aliphatic carbocycles. The molecule has 1 aliphatic rings. The minimum atomic E-state index is -0.256. The normalized spacial score (nSPS) is 17.9. The zero-order valence-electron chi connectivity index (χ0n) is 12.1. The van der Waals surface area contributed by atoms with Gasteiger partial charge in [0, 0.05) is 24.7 Å². The number of nitrogens with one attached hydrogen (secondary N) is 1. The molecule has 0 bridgehead atoms. The molecule has 0 aliphatic heterocycles. The van der Waals surface area contributed by atoms with E-state index in [9.17, 15) is 9.90 Å². The Morgan fingerprint density at radius 3 is 2.75 bits per heavy atom. The highest BCUT2D eigenvalue weighted by molar-refractivity contribution is 5.97. The second-order valence-corrected chi connectivity index (χ2v) is 5.69. The number of hydrogen-bond donors (Lipinski definition) is 3. The fourth-order valence-electron chi connectivity index (χ4n) is 2.82. The van der Waals surface area contributed by atoms with Crippen molar-refractivity contribution in [3.63, 3.8) is 0 Å². The first kappa shape index (κ1) is 14.8. The van der Waals surface area contributed by atoms with Gasteiger partial charge in [0.25, 0.3) is 5.91 Å². The van der Waals surface area contributed by atoms with Crippen LogP contribution in [0.15, 0.2) is 6.20 Å². The maximum absolute atomic E-state index is 12.1. The number of aliphatic hydroxyl groups is 1. The Bertz CT molecular complexity index is 464. The molecule has 1 saturated carbocycles. The number of aliphatic hydroxyl groups excluding tert-OH is 1. The number of aromatic nitrogens is 2. The molecule has 4 N–H and O–H groups in total. The summed E-state index contributed by atoms with van der Waals surface area (Å²) in [4.78, 5) is 12.1. The number of anilines is 1. The van der Waals surface area contributed by atoms with Crippen molar-refractivity contribution < 1.29 is 9.90 Å². The number of nitrogens with zero attached hydrogens (tertiary/aromatic N) is 2. The van der Waals surface area contributed by atoms with Gasteiger partial charge in [-0.05, 0) is 19.8 Å². The lowest BCUT2D eigenvalue weighted by Gasteiger charge is -2.35. The van der Waals surface area contributed by atoms with E-state index in [1.54, 1.807) is 10.9 Å². The van der Waals surface area contributed by atoms with Crippen molar-refractivity contribution in [2.75, 3.05) is 18.9 Å². The number of rotatable bonds is 5. The van der Waals surface area contributed by atoms with E-state index in [0.29, 0.717) is 18.8 Å². The summed E-state index contributed by atoms with van der Waals surface area (Å²) in [5.41, 5.74) is 6.30. The molecule has 2 rings (SSSR count). The van der Waals surface area contributed by atoms with Gasteiger partial charge in [-0.15, -0.1) is 0 Å². The van der Waals surface area contributed by atoms with Crippen molar-refractivity contribution in [1.29, 1.82) is 0 Å². The molecule has 0 aromatic carbocycles. The third-order valence-electron chi connectivity index (χ3n) is 4.20. The molecule has 1 heterocycles. The van der Waals surface area contributed by atoms with E-state index in [0.717, 1.165) is 25.7 Å². The molecule has 0 atom stereocenters. The van der Waals surface area contributed by atoms with Crippen LogP contribution in [0, 0.1) is 5.41 Å². The van der Waals surface area contributed by atoms with Crippen LogP contribution in [0.4, 0.5) is 5.69 Å². The molecule has 1 amide bonds. The first-order chi connectivity index (χ1) is 9.60. The van der Waals surface area contributed by atoms with Crippen LogP contribution in [0.25, 0.3) is 0 Å². The van der Waals surface area contributed by atoms with Gasteiger partial charge >= 0.3 is 0 Å². The van der Waals surface area contributed by atoms with Crippen LogP contribution in [0.2, 0.25) is 0 Å². The number of carbonyl (C=O) groups is 1. The van der Waals surface area contributed by atoms with E-state index in [2.05, 4.69) is 10.4 Å². The highest BCUT2D eigenvalue weighted by Gasteiger charge is 2.32. The lowest BCUT2D eigenvalue weighted by molar-refractivity contribution is 0.0715. The monoisotopic (exact) mass is 280 g/mol. The average molecular weight is 280 g/mol. The molecule has 0 spiro atoms. The fraction of sp³-hybridized carbons (Fsp3) is 0.714. The Morgan fingerprint density at radius 2 is 2.20 bits per heavy atom. The molecule has 1 aromatic rings. The SMILES string of the molecule is CCn1cc(N)c(C(=O)NCC2(CO)CCCCC2)n1. The summed E-state index contributed by atoms with van der Waals surface area (Å²) < 4.78 is 1.65. The summed E-state index contributed by atoms with van der Waals surface area (Å²) in [5, 5.41) is 16.7. The van der Waals surface area contributed by atoms with Crippen molar-refractivity contribution in [2.24, 2.45) is 5.41 Å². The summed E-state index contributed by atoms with van der Waals surface area (Å²) >= 11 is 0. The van der Waals surface area contributed by atoms with Gasteiger partial charge in [0.1, 0.15) is 0 Å². The molecular formula is C14H24N4O2. The standard InChI is InChI=1S/C14H24N4O2/c1-2-18-8-11(15)12(17-18)13(20)16-9-14(10-19)6-4-3-5-7-14/h8,19H,2-7,9-10,15H2,1H3,(H,16,20). The van der Waals surface area contributed by atoms with Crippen molar-refractivity contribution in [3.8, 4) is 0 Å². The van der Waals surface area contributed by atoms with Crippen LogP contribution < -0.4 is 11.1 Å². The highest BCUT2D eigenvalue weighted by atomic mass is 16.3. The van der Waals surface area contributed by atoms with E-state index in [1.165, 1.54) is 6.42 Å². The third kappa shape index (κ3) is 3.12. The first-order valence-corrected chi connectivity index (χ1v) is 7.32. The van der Waals surface area contributed by atoms with E-state index < -0.39 is 0 Å². The second kappa shape index (κ2) is 6.26. The van der Waals surface area contributed by atoms with Crippen molar-refractivity contribution >= 4 is 11.6 Å². The topological polar surface area (TPSA) is 93.2 Å². The molecule has 6 nitrogen and oxygen atoms in total. The smallest absolute Gasteiger partial charge is 0.273 e. The van der Waals surface area contributed by atoms with Gasteiger partial charge in [-0.1, -0.05) is 19.3 Å². The van der Waals surface area contributed by atoms with Crippen LogP contribution in [0.5, 0.6) is 0 Å². The second-order valence-electron chi connectivity index (χ2n) is 5.69. The minimum absolute atomic E-state index is 0.117. The first-order valence-electron chi connectivity index (χ1n) is 7.32. The largest absolute Gasteiger partial charge is 0.396 e. The summed E-state index contributed by atoms with van der Waals surface area (Å²) in [6.07, 6.45) is 7.03. The van der Waals surface area contributed by atoms with E-state index in [4.69, 9.17) is 5.73 Å². The van der Waals surface area contributed by atoms with Gasteiger partial charge in [0.05, 0.1) is 12.3 Å². The Hall–Kier alpha value is -1.56. The van der Waals surface area contributed by atoms with Gasteiger partial charge in [0.2, 0.25) is 0 Å². The zero-order valence-corrected chi connectivity index (χ0v) is 12.1. The van der Waals surface area contributed by atoms with Crippen LogP contribution in [0.1, 0.15) is 49.5 Å². The zero-order chi connectivity index (χ0) is 14.6. The molecule has 20 heavy (non-hydrogen) atoms. The van der Waals surface area contributed by atoms with Crippen LogP contribution in [-0.2, 0) is 6.54 Å². The van der Waals surface area contributed by atoms with Gasteiger partial charge < -0.3 is 16.2 Å². The number of aryl methyl sites for hydroxylation is 1. The van der Waals surface area contributed by atoms with Crippen LogP contribution >= 0.6 is 0 Å². The Balaban J connectivity index is 1.98. The molecule has 6 heteroatoms. The van der Waals surface area contributed by atoms with Crippen LogP contribution in [-0.4, -0.2) is 33.9 Å². The van der Waals surface area contributed by atoms with Crippen LogP contribution in [0.3, 0.4) is 0 Å². The summed E-state index contributed by atoms with van der Waals surface area (Å²) in [7, 11) is 0. The van der Waals surface area contributed by atoms with Crippen molar-refractivity contribution in [3.05, 3.63) is 11.9 Å². The number of nitrogen functional groups attached to an aromatic ring is 1. The van der Waals surface area contributed by atoms with E-state index in [-0.39, 0.29) is 23.6 Å². The predicted octanol–water partition coefficient (Wildman–Crippen LogP) is 1.16. The van der Waals surface area contributed by atoms with Crippen molar-refractivity contribution in [1.82, 2.24) is 15.1 Å². The minimum Gasteiger partial charge on any atom is -0.396 e. The molecular weight excluding hydrogens is 256 g/mol. The number of nitrogens with two attached hydrogens (primary N) is 1. The Morgan fingerprint density at radius 1 is 1.50 bits per heavy atom.